The quantitative estimate of drug-likeness (QED) is 0.686. The third-order valence-electron chi connectivity index (χ3n) is 4.67. The number of para-hydroxylation sites is 1. The van der Waals surface area contributed by atoms with Crippen LogP contribution in [0.1, 0.15) is 44.1 Å². The number of carbonyl (C=O) groups excluding carboxylic acids is 1. The van der Waals surface area contributed by atoms with Crippen LogP contribution in [-0.2, 0) is 11.2 Å². The van der Waals surface area contributed by atoms with Gasteiger partial charge < -0.3 is 4.90 Å². The smallest absolute Gasteiger partial charge is 0.259 e. The highest BCUT2D eigenvalue weighted by Gasteiger charge is 2.18. The fraction of sp³-hybridized carbons (Fsp3) is 0.556. The van der Waals surface area contributed by atoms with Gasteiger partial charge in [-0.3, -0.25) is 4.79 Å². The largest absolute Gasteiger partial charge is 0.362 e. The molecule has 0 aromatic heterocycles. The minimum absolute atomic E-state index is 0.0243. The summed E-state index contributed by atoms with van der Waals surface area (Å²) in [5.41, 5.74) is 5.23. The Balaban J connectivity index is 1.51. The van der Waals surface area contributed by atoms with Gasteiger partial charge in [-0.15, -0.1) is 0 Å². The highest BCUT2D eigenvalue weighted by molar-refractivity contribution is 5.82. The van der Waals surface area contributed by atoms with Crippen molar-refractivity contribution in [3.05, 3.63) is 29.8 Å². The van der Waals surface area contributed by atoms with E-state index in [1.54, 1.807) is 0 Å². The summed E-state index contributed by atoms with van der Waals surface area (Å²) >= 11 is 0. The van der Waals surface area contributed by atoms with E-state index in [1.807, 2.05) is 12.3 Å². The van der Waals surface area contributed by atoms with Gasteiger partial charge in [-0.2, -0.15) is 5.10 Å². The number of hydrogen-bond acceptors (Lipinski definition) is 3. The second-order valence-electron chi connectivity index (χ2n) is 6.37. The summed E-state index contributed by atoms with van der Waals surface area (Å²) in [4.78, 5) is 14.3. The van der Waals surface area contributed by atoms with E-state index in [4.69, 9.17) is 0 Å². The van der Waals surface area contributed by atoms with Crippen molar-refractivity contribution >= 4 is 17.8 Å². The molecule has 3 rings (SSSR count). The number of nitrogens with zero attached hydrogens (tertiary/aromatic N) is 2. The number of hydrogen-bond donors (Lipinski definition) is 1. The first kappa shape index (κ1) is 15.1. The van der Waals surface area contributed by atoms with Crippen molar-refractivity contribution in [1.82, 2.24) is 5.43 Å². The third kappa shape index (κ3) is 3.87. The van der Waals surface area contributed by atoms with Gasteiger partial charge in [-0.25, -0.2) is 5.43 Å². The molecule has 1 aliphatic carbocycles. The summed E-state index contributed by atoms with van der Waals surface area (Å²) in [5, 5.41) is 4.17. The Bertz CT molecular complexity index is 535. The average molecular weight is 299 g/mol. The minimum atomic E-state index is -0.0243. The lowest BCUT2D eigenvalue weighted by Crippen LogP contribution is -2.38. The molecule has 4 nitrogen and oxygen atoms in total. The molecule has 1 saturated carbocycles. The Hall–Kier alpha value is -1.84. The third-order valence-corrected chi connectivity index (χ3v) is 4.67. The van der Waals surface area contributed by atoms with Crippen LogP contribution in [0.4, 0.5) is 5.69 Å². The standard InChI is InChI=1S/C18H25N3O/c22-18(20-19-13-15-7-2-1-3-8-15)14-21-12-6-10-16-9-4-5-11-17(16)21/h4-5,9,11,13,15H,1-3,6-8,10,12,14H2,(H,20,22)/b19-13-. The van der Waals surface area contributed by atoms with E-state index < -0.39 is 0 Å². The van der Waals surface area contributed by atoms with Crippen LogP contribution in [0.15, 0.2) is 29.4 Å². The van der Waals surface area contributed by atoms with E-state index in [0.717, 1.165) is 19.4 Å². The molecule has 0 saturated heterocycles. The zero-order chi connectivity index (χ0) is 15.2. The maximum absolute atomic E-state index is 12.1. The van der Waals surface area contributed by atoms with Crippen LogP contribution in [0.25, 0.3) is 0 Å². The molecule has 2 aliphatic rings. The monoisotopic (exact) mass is 299 g/mol. The second kappa shape index (κ2) is 7.43. The van der Waals surface area contributed by atoms with Crippen molar-refractivity contribution in [2.24, 2.45) is 11.0 Å². The van der Waals surface area contributed by atoms with Crippen molar-refractivity contribution in [2.45, 2.75) is 44.9 Å². The Morgan fingerprint density at radius 1 is 1.23 bits per heavy atom. The molecule has 0 spiro atoms. The van der Waals surface area contributed by atoms with Crippen molar-refractivity contribution < 1.29 is 4.79 Å². The Morgan fingerprint density at radius 3 is 2.91 bits per heavy atom. The summed E-state index contributed by atoms with van der Waals surface area (Å²) in [7, 11) is 0. The maximum Gasteiger partial charge on any atom is 0.259 e. The first-order valence-corrected chi connectivity index (χ1v) is 8.48. The van der Waals surface area contributed by atoms with E-state index in [0.29, 0.717) is 12.5 Å². The summed E-state index contributed by atoms with van der Waals surface area (Å²) in [6.07, 6.45) is 10.5. The van der Waals surface area contributed by atoms with Gasteiger partial charge in [0.05, 0.1) is 6.54 Å². The number of benzene rings is 1. The number of nitrogens with one attached hydrogen (secondary N) is 1. The molecule has 1 aliphatic heterocycles. The molecule has 0 bridgehead atoms. The first-order chi connectivity index (χ1) is 10.8. The molecule has 118 valence electrons. The molecule has 0 atom stereocenters. The number of hydrazone groups is 1. The van der Waals surface area contributed by atoms with Crippen molar-refractivity contribution in [2.75, 3.05) is 18.0 Å². The molecule has 1 aromatic rings. The lowest BCUT2D eigenvalue weighted by Gasteiger charge is -2.30. The number of anilines is 1. The van der Waals surface area contributed by atoms with Gasteiger partial charge in [0.2, 0.25) is 0 Å². The number of fused-ring (bicyclic) bond motifs is 1. The van der Waals surface area contributed by atoms with E-state index in [1.165, 1.54) is 43.4 Å². The molecule has 1 aromatic carbocycles. The van der Waals surface area contributed by atoms with Gasteiger partial charge in [0.1, 0.15) is 0 Å². The normalized spacial score (nSPS) is 19.2. The fourth-order valence-electron chi connectivity index (χ4n) is 3.48. The van der Waals surface area contributed by atoms with Crippen molar-refractivity contribution in [3.8, 4) is 0 Å². The molecule has 1 heterocycles. The van der Waals surface area contributed by atoms with Crippen LogP contribution in [-0.4, -0.2) is 25.2 Å². The van der Waals surface area contributed by atoms with Gasteiger partial charge in [0.15, 0.2) is 0 Å². The van der Waals surface area contributed by atoms with E-state index in [2.05, 4.69) is 33.6 Å². The molecule has 1 N–H and O–H groups in total. The SMILES string of the molecule is O=C(CN1CCCc2ccccc21)N/N=C\C1CCCCC1. The number of carbonyl (C=O) groups is 1. The van der Waals surface area contributed by atoms with Crippen LogP contribution in [0.2, 0.25) is 0 Å². The number of rotatable bonds is 4. The van der Waals surface area contributed by atoms with E-state index in [9.17, 15) is 4.79 Å². The van der Waals surface area contributed by atoms with Crippen LogP contribution < -0.4 is 10.3 Å². The lowest BCUT2D eigenvalue weighted by molar-refractivity contribution is -0.119. The second-order valence-corrected chi connectivity index (χ2v) is 6.37. The fourth-order valence-corrected chi connectivity index (χ4v) is 3.48. The van der Waals surface area contributed by atoms with Crippen LogP contribution in [0, 0.1) is 5.92 Å². The summed E-state index contributed by atoms with van der Waals surface area (Å²) in [5.74, 6) is 0.522. The predicted molar refractivity (Wildman–Crippen MR) is 90.2 cm³/mol. The summed E-state index contributed by atoms with van der Waals surface area (Å²) in [6.45, 7) is 1.33. The van der Waals surface area contributed by atoms with Crippen molar-refractivity contribution in [3.63, 3.8) is 0 Å². The molecule has 1 fully saturated rings. The Morgan fingerprint density at radius 2 is 2.05 bits per heavy atom. The highest BCUT2D eigenvalue weighted by atomic mass is 16.2. The molecular weight excluding hydrogens is 274 g/mol. The van der Waals surface area contributed by atoms with Gasteiger partial charge in [-0.1, -0.05) is 37.5 Å². The zero-order valence-corrected chi connectivity index (χ0v) is 13.1. The predicted octanol–water partition coefficient (Wildman–Crippen LogP) is 3.12. The van der Waals surface area contributed by atoms with Gasteiger partial charge in [0.25, 0.3) is 5.91 Å². The van der Waals surface area contributed by atoms with Gasteiger partial charge >= 0.3 is 0 Å². The lowest BCUT2D eigenvalue weighted by atomic mass is 9.90. The van der Waals surface area contributed by atoms with Crippen molar-refractivity contribution in [1.29, 1.82) is 0 Å². The van der Waals surface area contributed by atoms with Gasteiger partial charge in [-0.05, 0) is 43.2 Å². The highest BCUT2D eigenvalue weighted by Crippen LogP contribution is 2.26. The molecule has 0 unspecified atom stereocenters. The minimum Gasteiger partial charge on any atom is -0.362 e. The molecular formula is C18H25N3O. The van der Waals surface area contributed by atoms with Gasteiger partial charge in [0, 0.05) is 18.4 Å². The van der Waals surface area contributed by atoms with Crippen LogP contribution >= 0.6 is 0 Å². The van der Waals surface area contributed by atoms with E-state index >= 15 is 0 Å². The molecule has 22 heavy (non-hydrogen) atoms. The molecule has 0 radical (unpaired) electrons. The topological polar surface area (TPSA) is 44.7 Å². The first-order valence-electron chi connectivity index (χ1n) is 8.48. The van der Waals surface area contributed by atoms with E-state index in [-0.39, 0.29) is 5.91 Å². The number of amides is 1. The summed E-state index contributed by atoms with van der Waals surface area (Å²) in [6, 6.07) is 8.36. The zero-order valence-electron chi connectivity index (χ0n) is 13.1. The Kier molecular flexibility index (Phi) is 5.09. The number of aryl methyl sites for hydroxylation is 1. The summed E-state index contributed by atoms with van der Waals surface area (Å²) < 4.78 is 0. The Labute approximate surface area is 132 Å². The molecule has 1 amide bonds. The maximum atomic E-state index is 12.1. The molecule has 4 heteroatoms. The van der Waals surface area contributed by atoms with Crippen LogP contribution in [0.3, 0.4) is 0 Å². The van der Waals surface area contributed by atoms with Crippen LogP contribution in [0.5, 0.6) is 0 Å². The average Bonchev–Trinajstić information content (AvgIpc) is 2.56.